The third kappa shape index (κ3) is 3.80. The summed E-state index contributed by atoms with van der Waals surface area (Å²) in [4.78, 5) is 13.7. The van der Waals surface area contributed by atoms with Gasteiger partial charge in [0.2, 0.25) is 6.79 Å². The molecule has 1 amide bonds. The minimum absolute atomic E-state index is 0.126. The van der Waals surface area contributed by atoms with Crippen molar-refractivity contribution in [3.05, 3.63) is 58.1 Å². The van der Waals surface area contributed by atoms with E-state index in [1.807, 2.05) is 12.1 Å². The molecule has 0 atom stereocenters. The first kappa shape index (κ1) is 16.6. The summed E-state index contributed by atoms with van der Waals surface area (Å²) >= 11 is 6.11. The fourth-order valence-corrected chi connectivity index (χ4v) is 2.83. The van der Waals surface area contributed by atoms with E-state index in [-0.39, 0.29) is 12.7 Å². The van der Waals surface area contributed by atoms with Crippen LogP contribution in [0.2, 0.25) is 5.02 Å². The molecule has 126 valence electrons. The van der Waals surface area contributed by atoms with Crippen molar-refractivity contribution in [2.75, 3.05) is 20.9 Å². The van der Waals surface area contributed by atoms with Gasteiger partial charge < -0.3 is 19.7 Å². The van der Waals surface area contributed by atoms with Crippen LogP contribution in [-0.2, 0) is 13.1 Å². The number of ether oxygens (including phenoxy) is 2. The first-order valence-corrected chi connectivity index (χ1v) is 8.15. The van der Waals surface area contributed by atoms with Gasteiger partial charge in [0.1, 0.15) is 6.54 Å². The van der Waals surface area contributed by atoms with E-state index in [9.17, 15) is 4.79 Å². The monoisotopic (exact) mass is 347 g/mol. The van der Waals surface area contributed by atoms with Gasteiger partial charge in [-0.1, -0.05) is 35.9 Å². The highest BCUT2D eigenvalue weighted by Gasteiger charge is 2.20. The molecule has 1 heterocycles. The average molecular weight is 348 g/mol. The van der Waals surface area contributed by atoms with Gasteiger partial charge in [0.15, 0.2) is 11.5 Å². The molecule has 0 aromatic heterocycles. The SMILES string of the molecule is C[NH+](C)Cc1ccc(CNC(=O)c2cc(Cl)c3c(c2)OCO3)cc1. The van der Waals surface area contributed by atoms with Crippen molar-refractivity contribution in [1.82, 2.24) is 5.32 Å². The number of halogens is 1. The molecule has 6 heteroatoms. The highest BCUT2D eigenvalue weighted by atomic mass is 35.5. The predicted molar refractivity (Wildman–Crippen MR) is 91.7 cm³/mol. The number of rotatable bonds is 5. The normalized spacial score (nSPS) is 12.5. The Morgan fingerprint density at radius 1 is 1.17 bits per heavy atom. The first-order chi connectivity index (χ1) is 11.5. The molecule has 2 N–H and O–H groups in total. The molecule has 1 aliphatic rings. The van der Waals surface area contributed by atoms with Crippen molar-refractivity contribution in [2.24, 2.45) is 0 Å². The largest absolute Gasteiger partial charge is 0.454 e. The summed E-state index contributed by atoms with van der Waals surface area (Å²) in [6.45, 7) is 1.56. The Kier molecular flexibility index (Phi) is 4.92. The molecule has 2 aromatic carbocycles. The maximum absolute atomic E-state index is 12.3. The Morgan fingerprint density at radius 3 is 2.58 bits per heavy atom. The molecule has 0 saturated heterocycles. The smallest absolute Gasteiger partial charge is 0.251 e. The Labute approximate surface area is 146 Å². The van der Waals surface area contributed by atoms with E-state index in [0.29, 0.717) is 28.6 Å². The van der Waals surface area contributed by atoms with Crippen molar-refractivity contribution in [1.29, 1.82) is 0 Å². The third-order valence-electron chi connectivity index (χ3n) is 3.72. The molecular weight excluding hydrogens is 328 g/mol. The van der Waals surface area contributed by atoms with Crippen molar-refractivity contribution >= 4 is 17.5 Å². The van der Waals surface area contributed by atoms with Crippen molar-refractivity contribution < 1.29 is 19.2 Å². The highest BCUT2D eigenvalue weighted by Crippen LogP contribution is 2.39. The van der Waals surface area contributed by atoms with Crippen LogP contribution in [0.3, 0.4) is 0 Å². The Morgan fingerprint density at radius 2 is 1.88 bits per heavy atom. The van der Waals surface area contributed by atoms with Gasteiger partial charge in [-0.2, -0.15) is 0 Å². The van der Waals surface area contributed by atoms with Gasteiger partial charge in [-0.15, -0.1) is 0 Å². The maximum Gasteiger partial charge on any atom is 0.251 e. The molecule has 0 fully saturated rings. The molecule has 3 rings (SSSR count). The van der Waals surface area contributed by atoms with Gasteiger partial charge in [0, 0.05) is 17.7 Å². The predicted octanol–water partition coefficient (Wildman–Crippen LogP) is 1.64. The van der Waals surface area contributed by atoms with E-state index in [0.717, 1.165) is 12.1 Å². The maximum atomic E-state index is 12.3. The minimum atomic E-state index is -0.197. The molecule has 0 bridgehead atoms. The number of carbonyl (C=O) groups excluding carboxylic acids is 1. The molecule has 0 radical (unpaired) electrons. The van der Waals surface area contributed by atoms with Crippen LogP contribution in [0.25, 0.3) is 0 Å². The molecule has 0 aliphatic carbocycles. The van der Waals surface area contributed by atoms with Crippen LogP contribution in [0.1, 0.15) is 21.5 Å². The van der Waals surface area contributed by atoms with Gasteiger partial charge in [0.05, 0.1) is 19.1 Å². The zero-order valence-corrected chi connectivity index (χ0v) is 14.4. The van der Waals surface area contributed by atoms with Gasteiger partial charge in [-0.25, -0.2) is 0 Å². The van der Waals surface area contributed by atoms with Gasteiger partial charge in [-0.05, 0) is 17.7 Å². The number of carbonyl (C=O) groups is 1. The second-order valence-electron chi connectivity index (χ2n) is 6.07. The second kappa shape index (κ2) is 7.11. The molecular formula is C18H20ClN2O3+. The Hall–Kier alpha value is -2.24. The fourth-order valence-electron chi connectivity index (χ4n) is 2.57. The number of nitrogens with one attached hydrogen (secondary N) is 2. The second-order valence-corrected chi connectivity index (χ2v) is 6.48. The zero-order valence-electron chi connectivity index (χ0n) is 13.7. The van der Waals surface area contributed by atoms with E-state index in [2.05, 4.69) is 31.5 Å². The van der Waals surface area contributed by atoms with Gasteiger partial charge in [0.25, 0.3) is 5.91 Å². The van der Waals surface area contributed by atoms with Crippen molar-refractivity contribution in [3.63, 3.8) is 0 Å². The number of fused-ring (bicyclic) bond motifs is 1. The Balaban J connectivity index is 1.62. The summed E-state index contributed by atoms with van der Waals surface area (Å²) in [5.74, 6) is 0.798. The molecule has 24 heavy (non-hydrogen) atoms. The minimum Gasteiger partial charge on any atom is -0.454 e. The van der Waals surface area contributed by atoms with E-state index in [1.165, 1.54) is 10.5 Å². The van der Waals surface area contributed by atoms with Crippen LogP contribution >= 0.6 is 11.6 Å². The van der Waals surface area contributed by atoms with Gasteiger partial charge in [-0.3, -0.25) is 4.79 Å². The summed E-state index contributed by atoms with van der Waals surface area (Å²) in [5.41, 5.74) is 2.78. The van der Waals surface area contributed by atoms with Crippen LogP contribution in [-0.4, -0.2) is 26.8 Å². The number of amides is 1. The standard InChI is InChI=1S/C18H19ClN2O3/c1-21(2)10-13-5-3-12(4-6-13)9-20-18(22)14-7-15(19)17-16(8-14)23-11-24-17/h3-8H,9-11H2,1-2H3,(H,20,22)/p+1. The molecule has 0 saturated carbocycles. The Bertz CT molecular complexity index is 745. The summed E-state index contributed by atoms with van der Waals surface area (Å²) in [7, 11) is 4.23. The summed E-state index contributed by atoms with van der Waals surface area (Å²) in [5, 5.41) is 3.27. The van der Waals surface area contributed by atoms with Crippen LogP contribution in [0, 0.1) is 0 Å². The molecule has 1 aliphatic heterocycles. The van der Waals surface area contributed by atoms with E-state index >= 15 is 0 Å². The number of quaternary nitrogens is 1. The summed E-state index contributed by atoms with van der Waals surface area (Å²) in [6.07, 6.45) is 0. The van der Waals surface area contributed by atoms with Crippen LogP contribution in [0.4, 0.5) is 0 Å². The number of benzene rings is 2. The fraction of sp³-hybridized carbons (Fsp3) is 0.278. The topological polar surface area (TPSA) is 52.0 Å². The van der Waals surface area contributed by atoms with E-state index in [4.69, 9.17) is 21.1 Å². The molecule has 0 unspecified atom stereocenters. The zero-order chi connectivity index (χ0) is 17.1. The van der Waals surface area contributed by atoms with Crippen LogP contribution in [0.5, 0.6) is 11.5 Å². The lowest BCUT2D eigenvalue weighted by Crippen LogP contribution is -3.04. The van der Waals surface area contributed by atoms with Crippen LogP contribution < -0.4 is 19.7 Å². The number of hydrogen-bond acceptors (Lipinski definition) is 3. The molecule has 5 nitrogen and oxygen atoms in total. The number of hydrogen-bond donors (Lipinski definition) is 2. The lowest BCUT2D eigenvalue weighted by Gasteiger charge is -2.09. The quantitative estimate of drug-likeness (QED) is 0.864. The highest BCUT2D eigenvalue weighted by molar-refractivity contribution is 6.32. The summed E-state index contributed by atoms with van der Waals surface area (Å²) < 4.78 is 10.5. The van der Waals surface area contributed by atoms with E-state index < -0.39 is 0 Å². The molecule has 2 aromatic rings. The van der Waals surface area contributed by atoms with Crippen LogP contribution in [0.15, 0.2) is 36.4 Å². The third-order valence-corrected chi connectivity index (χ3v) is 4.00. The lowest BCUT2D eigenvalue weighted by atomic mass is 10.1. The van der Waals surface area contributed by atoms with E-state index in [1.54, 1.807) is 12.1 Å². The summed E-state index contributed by atoms with van der Waals surface area (Å²) in [6, 6.07) is 11.5. The van der Waals surface area contributed by atoms with Gasteiger partial charge >= 0.3 is 0 Å². The van der Waals surface area contributed by atoms with Crippen molar-refractivity contribution in [2.45, 2.75) is 13.1 Å². The average Bonchev–Trinajstić information content (AvgIpc) is 3.02. The van der Waals surface area contributed by atoms with Crippen molar-refractivity contribution in [3.8, 4) is 11.5 Å². The first-order valence-electron chi connectivity index (χ1n) is 7.77. The molecule has 0 spiro atoms. The lowest BCUT2D eigenvalue weighted by molar-refractivity contribution is -0.872.